The number of pyridine rings is 1. The molecule has 0 saturated heterocycles. The number of halogens is 2. The second-order valence-electron chi connectivity index (χ2n) is 8.42. The summed E-state index contributed by atoms with van der Waals surface area (Å²) in [6.07, 6.45) is 8.42. The molecule has 0 bridgehead atoms. The number of nitrogens with zero attached hydrogens (tertiary/aromatic N) is 4. The van der Waals surface area contributed by atoms with Gasteiger partial charge in [0.1, 0.15) is 17.2 Å². The second-order valence-corrected chi connectivity index (χ2v) is 8.42. The van der Waals surface area contributed by atoms with Crippen molar-refractivity contribution >= 4 is 17.3 Å². The number of imidazole rings is 1. The van der Waals surface area contributed by atoms with Gasteiger partial charge in [-0.05, 0) is 55.5 Å². The Morgan fingerprint density at radius 3 is 2.55 bits per heavy atom. The molecule has 3 aromatic heterocycles. The van der Waals surface area contributed by atoms with Crippen LogP contribution < -0.4 is 16.4 Å². The number of nitrogens with one attached hydrogen (secondary N) is 2. The van der Waals surface area contributed by atoms with E-state index < -0.39 is 5.82 Å². The monoisotopic (exact) mass is 449 g/mol. The van der Waals surface area contributed by atoms with E-state index in [9.17, 15) is 8.78 Å². The van der Waals surface area contributed by atoms with E-state index in [1.807, 2.05) is 18.3 Å². The van der Waals surface area contributed by atoms with Gasteiger partial charge in [0.05, 0.1) is 23.8 Å². The maximum Gasteiger partial charge on any atom is 0.223 e. The molecule has 0 amide bonds. The van der Waals surface area contributed by atoms with Crippen molar-refractivity contribution in [3.63, 3.8) is 0 Å². The molecule has 0 atom stereocenters. The third kappa shape index (κ3) is 4.78. The van der Waals surface area contributed by atoms with Crippen LogP contribution in [0, 0.1) is 11.6 Å². The van der Waals surface area contributed by atoms with E-state index in [4.69, 9.17) is 5.73 Å². The van der Waals surface area contributed by atoms with Gasteiger partial charge in [-0.25, -0.2) is 23.7 Å². The van der Waals surface area contributed by atoms with Crippen molar-refractivity contribution < 1.29 is 8.78 Å². The zero-order chi connectivity index (χ0) is 22.8. The van der Waals surface area contributed by atoms with Gasteiger partial charge in [-0.3, -0.25) is 4.40 Å². The quantitative estimate of drug-likeness (QED) is 0.405. The van der Waals surface area contributed by atoms with Gasteiger partial charge in [0.15, 0.2) is 5.82 Å². The highest BCUT2D eigenvalue weighted by molar-refractivity contribution is 5.63. The molecule has 0 radical (unpaired) electrons. The topological polar surface area (TPSA) is 93.2 Å². The molecule has 5 rings (SSSR count). The van der Waals surface area contributed by atoms with Crippen LogP contribution in [-0.4, -0.2) is 31.4 Å². The zero-order valence-corrected chi connectivity index (χ0v) is 18.0. The maximum atomic E-state index is 14.7. The van der Waals surface area contributed by atoms with E-state index in [2.05, 4.69) is 25.6 Å². The Morgan fingerprint density at radius 2 is 1.76 bits per heavy atom. The third-order valence-corrected chi connectivity index (χ3v) is 6.01. The number of nitrogens with two attached hydrogens (primary N) is 1. The SMILES string of the molecule is NC1CCC(Nc2ncc(F)c(-c3cnc4ccc(NCc5ccc(F)cc5)cn34)n2)CC1. The minimum atomic E-state index is -0.516. The lowest BCUT2D eigenvalue weighted by Crippen LogP contribution is -2.33. The molecule has 7 nitrogen and oxygen atoms in total. The van der Waals surface area contributed by atoms with Gasteiger partial charge < -0.3 is 16.4 Å². The number of anilines is 2. The third-order valence-electron chi connectivity index (χ3n) is 6.01. The van der Waals surface area contributed by atoms with Crippen molar-refractivity contribution in [3.05, 3.63) is 72.2 Å². The molecular formula is C24H25F2N7. The van der Waals surface area contributed by atoms with E-state index in [0.29, 0.717) is 23.8 Å². The van der Waals surface area contributed by atoms with Crippen LogP contribution in [0.4, 0.5) is 20.4 Å². The van der Waals surface area contributed by atoms with Crippen LogP contribution in [0.1, 0.15) is 31.2 Å². The van der Waals surface area contributed by atoms with E-state index >= 15 is 0 Å². The van der Waals surface area contributed by atoms with Crippen LogP contribution in [0.5, 0.6) is 0 Å². The molecule has 4 N–H and O–H groups in total. The first-order valence-corrected chi connectivity index (χ1v) is 11.1. The number of rotatable bonds is 6. The Kier molecular flexibility index (Phi) is 5.87. The number of aromatic nitrogens is 4. The molecular weight excluding hydrogens is 424 g/mol. The fourth-order valence-corrected chi connectivity index (χ4v) is 4.13. The van der Waals surface area contributed by atoms with Gasteiger partial charge in [0.25, 0.3) is 0 Å². The molecule has 3 heterocycles. The number of fused-ring (bicyclic) bond motifs is 1. The van der Waals surface area contributed by atoms with E-state index in [1.165, 1.54) is 18.3 Å². The van der Waals surface area contributed by atoms with Gasteiger partial charge in [-0.1, -0.05) is 12.1 Å². The predicted octanol–water partition coefficient (Wildman–Crippen LogP) is 4.36. The second kappa shape index (κ2) is 9.11. The van der Waals surface area contributed by atoms with Crippen LogP contribution in [0.3, 0.4) is 0 Å². The number of hydrogen-bond donors (Lipinski definition) is 3. The Labute approximate surface area is 190 Å². The van der Waals surface area contributed by atoms with Crippen LogP contribution in [0.2, 0.25) is 0 Å². The van der Waals surface area contributed by atoms with Gasteiger partial charge in [0, 0.05) is 24.8 Å². The lowest BCUT2D eigenvalue weighted by atomic mass is 9.92. The lowest BCUT2D eigenvalue weighted by Gasteiger charge is -2.26. The minimum Gasteiger partial charge on any atom is -0.380 e. The maximum absolute atomic E-state index is 14.7. The first-order valence-electron chi connectivity index (χ1n) is 11.1. The van der Waals surface area contributed by atoms with Gasteiger partial charge in [-0.2, -0.15) is 0 Å². The van der Waals surface area contributed by atoms with Crippen LogP contribution >= 0.6 is 0 Å². The summed E-state index contributed by atoms with van der Waals surface area (Å²) in [7, 11) is 0. The van der Waals surface area contributed by atoms with Crippen LogP contribution in [0.15, 0.2) is 55.0 Å². The van der Waals surface area contributed by atoms with Gasteiger partial charge in [0.2, 0.25) is 5.95 Å². The van der Waals surface area contributed by atoms with Crippen LogP contribution in [-0.2, 0) is 6.54 Å². The van der Waals surface area contributed by atoms with Crippen molar-refractivity contribution in [3.8, 4) is 11.4 Å². The molecule has 1 saturated carbocycles. The smallest absolute Gasteiger partial charge is 0.223 e. The summed E-state index contributed by atoms with van der Waals surface area (Å²) in [5.41, 5.74) is 9.14. The first-order chi connectivity index (χ1) is 16.0. The molecule has 1 aromatic carbocycles. The summed E-state index contributed by atoms with van der Waals surface area (Å²) in [4.78, 5) is 13.0. The van der Waals surface area contributed by atoms with Crippen molar-refractivity contribution in [2.75, 3.05) is 10.6 Å². The van der Waals surface area contributed by atoms with Crippen LogP contribution in [0.25, 0.3) is 17.0 Å². The lowest BCUT2D eigenvalue weighted by molar-refractivity contribution is 0.409. The fourth-order valence-electron chi connectivity index (χ4n) is 4.13. The molecule has 1 aliphatic rings. The van der Waals surface area contributed by atoms with Crippen molar-refractivity contribution in [2.45, 2.75) is 44.3 Å². The van der Waals surface area contributed by atoms with E-state index in [0.717, 1.165) is 36.9 Å². The molecule has 0 aliphatic heterocycles. The average molecular weight is 450 g/mol. The summed E-state index contributed by atoms with van der Waals surface area (Å²) < 4.78 is 29.7. The van der Waals surface area contributed by atoms with Gasteiger partial charge >= 0.3 is 0 Å². The standard InChI is InChI=1S/C24H25F2N7/c25-16-3-1-15(2-4-16)11-28-19-9-10-22-29-13-21(33(22)14-19)23-20(26)12-30-24(32-23)31-18-7-5-17(27)6-8-18/h1-4,9-10,12-14,17-18,28H,5-8,11,27H2,(H,30,31,32). The molecule has 33 heavy (non-hydrogen) atoms. The van der Waals surface area contributed by atoms with Crippen molar-refractivity contribution in [2.24, 2.45) is 5.73 Å². The molecule has 170 valence electrons. The molecule has 4 aromatic rings. The molecule has 1 fully saturated rings. The van der Waals surface area contributed by atoms with Gasteiger partial charge in [-0.15, -0.1) is 0 Å². The minimum absolute atomic E-state index is 0.184. The fraction of sp³-hybridized carbons (Fsp3) is 0.292. The highest BCUT2D eigenvalue weighted by atomic mass is 19.1. The molecule has 1 aliphatic carbocycles. The highest BCUT2D eigenvalue weighted by Gasteiger charge is 2.20. The van der Waals surface area contributed by atoms with Crippen molar-refractivity contribution in [1.82, 2.24) is 19.4 Å². The Bertz CT molecular complexity index is 1250. The number of benzene rings is 1. The van der Waals surface area contributed by atoms with E-state index in [1.54, 1.807) is 22.7 Å². The number of hydrogen-bond acceptors (Lipinski definition) is 6. The summed E-state index contributed by atoms with van der Waals surface area (Å²) in [6.45, 7) is 0.525. The average Bonchev–Trinajstić information content (AvgIpc) is 3.24. The summed E-state index contributed by atoms with van der Waals surface area (Å²) in [5, 5.41) is 6.62. The highest BCUT2D eigenvalue weighted by Crippen LogP contribution is 2.26. The summed E-state index contributed by atoms with van der Waals surface area (Å²) in [6, 6.07) is 10.5. The summed E-state index contributed by atoms with van der Waals surface area (Å²) >= 11 is 0. The Morgan fingerprint density at radius 1 is 0.970 bits per heavy atom. The normalized spacial score (nSPS) is 18.4. The Hall–Kier alpha value is -3.59. The molecule has 0 unspecified atom stereocenters. The molecule has 0 spiro atoms. The predicted molar refractivity (Wildman–Crippen MR) is 124 cm³/mol. The zero-order valence-electron chi connectivity index (χ0n) is 18.0. The summed E-state index contributed by atoms with van der Waals surface area (Å²) in [5.74, 6) is -0.388. The van der Waals surface area contributed by atoms with E-state index in [-0.39, 0.29) is 23.6 Å². The first kappa shape index (κ1) is 21.3. The van der Waals surface area contributed by atoms with Crippen molar-refractivity contribution in [1.29, 1.82) is 0 Å². The molecule has 9 heteroatoms. The Balaban J connectivity index is 1.38. The largest absolute Gasteiger partial charge is 0.380 e.